The Bertz CT molecular complexity index is 558. The molecule has 1 aromatic heterocycles. The SMILES string of the molecule is FC(F)Oc1ccccc1C(NC1CC1)c1nccs1. The van der Waals surface area contributed by atoms with Crippen molar-refractivity contribution in [2.75, 3.05) is 0 Å². The number of hydrogen-bond donors (Lipinski definition) is 1. The average Bonchev–Trinajstić information content (AvgIpc) is 3.08. The van der Waals surface area contributed by atoms with E-state index in [1.54, 1.807) is 24.4 Å². The molecule has 6 heteroatoms. The van der Waals surface area contributed by atoms with Crippen LogP contribution in [-0.2, 0) is 0 Å². The second-order valence-corrected chi connectivity index (χ2v) is 5.59. The molecule has 3 nitrogen and oxygen atoms in total. The van der Waals surface area contributed by atoms with E-state index < -0.39 is 6.61 Å². The van der Waals surface area contributed by atoms with Gasteiger partial charge in [0.25, 0.3) is 0 Å². The van der Waals surface area contributed by atoms with Gasteiger partial charge in [-0.15, -0.1) is 11.3 Å². The Kier molecular flexibility index (Phi) is 3.93. The summed E-state index contributed by atoms with van der Waals surface area (Å²) in [4.78, 5) is 4.31. The Balaban J connectivity index is 1.93. The van der Waals surface area contributed by atoms with Crippen LogP contribution in [0.3, 0.4) is 0 Å². The van der Waals surface area contributed by atoms with Crippen molar-refractivity contribution in [3.05, 3.63) is 46.4 Å². The summed E-state index contributed by atoms with van der Waals surface area (Å²) >= 11 is 1.51. The third-order valence-electron chi connectivity index (χ3n) is 3.12. The van der Waals surface area contributed by atoms with E-state index in [1.165, 1.54) is 11.3 Å². The molecule has 2 aromatic rings. The minimum atomic E-state index is -2.82. The fourth-order valence-corrected chi connectivity index (χ4v) is 2.79. The summed E-state index contributed by atoms with van der Waals surface area (Å²) in [6, 6.07) is 7.12. The van der Waals surface area contributed by atoms with Crippen molar-refractivity contribution < 1.29 is 13.5 Å². The third kappa shape index (κ3) is 3.13. The van der Waals surface area contributed by atoms with Crippen LogP contribution < -0.4 is 10.1 Å². The van der Waals surface area contributed by atoms with Crippen molar-refractivity contribution in [3.8, 4) is 5.75 Å². The summed E-state index contributed by atoms with van der Waals surface area (Å²) in [6.45, 7) is -2.82. The monoisotopic (exact) mass is 296 g/mol. The lowest BCUT2D eigenvalue weighted by atomic mass is 10.1. The fraction of sp³-hybridized carbons (Fsp3) is 0.357. The maximum absolute atomic E-state index is 12.5. The van der Waals surface area contributed by atoms with Crippen molar-refractivity contribution in [2.45, 2.75) is 31.5 Å². The largest absolute Gasteiger partial charge is 0.434 e. The number of alkyl halides is 2. The van der Waals surface area contributed by atoms with Crippen LogP contribution in [0.1, 0.15) is 29.5 Å². The molecule has 1 aliphatic carbocycles. The molecular formula is C14H14F2N2OS. The smallest absolute Gasteiger partial charge is 0.387 e. The van der Waals surface area contributed by atoms with E-state index in [0.717, 1.165) is 17.8 Å². The van der Waals surface area contributed by atoms with Crippen molar-refractivity contribution in [1.29, 1.82) is 0 Å². The molecule has 3 rings (SSSR count). The van der Waals surface area contributed by atoms with Crippen LogP contribution in [0.15, 0.2) is 35.8 Å². The summed E-state index contributed by atoms with van der Waals surface area (Å²) in [5.74, 6) is 0.204. The molecule has 1 heterocycles. The summed E-state index contributed by atoms with van der Waals surface area (Å²) < 4.78 is 29.7. The van der Waals surface area contributed by atoms with Crippen LogP contribution >= 0.6 is 11.3 Å². The number of nitrogens with zero attached hydrogens (tertiary/aromatic N) is 1. The zero-order valence-electron chi connectivity index (χ0n) is 10.6. The summed E-state index contributed by atoms with van der Waals surface area (Å²) in [6.07, 6.45) is 3.94. The van der Waals surface area contributed by atoms with E-state index in [2.05, 4.69) is 15.0 Å². The van der Waals surface area contributed by atoms with Gasteiger partial charge in [0.05, 0.1) is 6.04 Å². The molecule has 0 bridgehead atoms. The molecule has 1 aliphatic rings. The van der Waals surface area contributed by atoms with E-state index in [4.69, 9.17) is 0 Å². The van der Waals surface area contributed by atoms with Gasteiger partial charge in [-0.2, -0.15) is 8.78 Å². The van der Waals surface area contributed by atoms with Crippen molar-refractivity contribution in [2.24, 2.45) is 0 Å². The molecule has 0 aliphatic heterocycles. The quantitative estimate of drug-likeness (QED) is 0.884. The van der Waals surface area contributed by atoms with Gasteiger partial charge in [-0.05, 0) is 18.9 Å². The molecule has 0 radical (unpaired) electrons. The fourth-order valence-electron chi connectivity index (χ4n) is 2.08. The number of aromatic nitrogens is 1. The van der Waals surface area contributed by atoms with E-state index in [9.17, 15) is 8.78 Å². The molecule has 1 saturated carbocycles. The Morgan fingerprint density at radius 3 is 2.75 bits per heavy atom. The number of ether oxygens (including phenoxy) is 1. The molecular weight excluding hydrogens is 282 g/mol. The Morgan fingerprint density at radius 2 is 2.10 bits per heavy atom. The lowest BCUT2D eigenvalue weighted by Gasteiger charge is -2.20. The van der Waals surface area contributed by atoms with Gasteiger partial charge in [0.15, 0.2) is 0 Å². The van der Waals surface area contributed by atoms with Crippen LogP contribution in [0.2, 0.25) is 0 Å². The molecule has 1 fully saturated rings. The lowest BCUT2D eigenvalue weighted by molar-refractivity contribution is -0.0506. The highest BCUT2D eigenvalue weighted by atomic mass is 32.1. The van der Waals surface area contributed by atoms with Gasteiger partial charge in [-0.3, -0.25) is 0 Å². The number of benzene rings is 1. The number of thiazole rings is 1. The highest BCUT2D eigenvalue weighted by Crippen LogP contribution is 2.34. The predicted molar refractivity (Wildman–Crippen MR) is 73.2 cm³/mol. The zero-order valence-corrected chi connectivity index (χ0v) is 11.4. The third-order valence-corrected chi connectivity index (χ3v) is 3.96. The first kappa shape index (κ1) is 13.5. The molecule has 20 heavy (non-hydrogen) atoms. The van der Waals surface area contributed by atoms with Gasteiger partial charge < -0.3 is 10.1 Å². The summed E-state index contributed by atoms with van der Waals surface area (Å²) in [5, 5.41) is 6.19. The van der Waals surface area contributed by atoms with Gasteiger partial charge in [-0.1, -0.05) is 18.2 Å². The van der Waals surface area contributed by atoms with Crippen molar-refractivity contribution in [3.63, 3.8) is 0 Å². The van der Waals surface area contributed by atoms with Gasteiger partial charge in [0.2, 0.25) is 0 Å². The van der Waals surface area contributed by atoms with Gasteiger partial charge in [-0.25, -0.2) is 4.98 Å². The van der Waals surface area contributed by atoms with Gasteiger partial charge in [0, 0.05) is 23.2 Å². The van der Waals surface area contributed by atoms with Gasteiger partial charge >= 0.3 is 6.61 Å². The normalized spacial score (nSPS) is 16.4. The summed E-state index contributed by atoms with van der Waals surface area (Å²) in [7, 11) is 0. The molecule has 1 N–H and O–H groups in total. The van der Waals surface area contributed by atoms with E-state index in [0.29, 0.717) is 11.6 Å². The van der Waals surface area contributed by atoms with Crippen molar-refractivity contribution >= 4 is 11.3 Å². The number of rotatable bonds is 6. The minimum Gasteiger partial charge on any atom is -0.434 e. The van der Waals surface area contributed by atoms with E-state index >= 15 is 0 Å². The number of halogens is 2. The van der Waals surface area contributed by atoms with E-state index in [-0.39, 0.29) is 11.8 Å². The zero-order chi connectivity index (χ0) is 13.9. The molecule has 0 saturated heterocycles. The van der Waals surface area contributed by atoms with Crippen LogP contribution in [0, 0.1) is 0 Å². The first-order valence-corrected chi connectivity index (χ1v) is 7.31. The van der Waals surface area contributed by atoms with Gasteiger partial charge in [0.1, 0.15) is 10.8 Å². The Hall–Kier alpha value is -1.53. The van der Waals surface area contributed by atoms with Crippen LogP contribution in [0.4, 0.5) is 8.78 Å². The second kappa shape index (κ2) is 5.85. The van der Waals surface area contributed by atoms with Crippen molar-refractivity contribution in [1.82, 2.24) is 10.3 Å². The maximum Gasteiger partial charge on any atom is 0.387 e. The topological polar surface area (TPSA) is 34.1 Å². The highest BCUT2D eigenvalue weighted by Gasteiger charge is 2.29. The summed E-state index contributed by atoms with van der Waals surface area (Å²) in [5.41, 5.74) is 0.703. The highest BCUT2D eigenvalue weighted by molar-refractivity contribution is 7.09. The number of nitrogens with one attached hydrogen (secondary N) is 1. The van der Waals surface area contributed by atoms with E-state index in [1.807, 2.05) is 11.4 Å². The average molecular weight is 296 g/mol. The molecule has 0 amide bonds. The van der Waals surface area contributed by atoms with Crippen LogP contribution in [0.5, 0.6) is 5.75 Å². The van der Waals surface area contributed by atoms with Crippen LogP contribution in [0.25, 0.3) is 0 Å². The van der Waals surface area contributed by atoms with Crippen LogP contribution in [-0.4, -0.2) is 17.6 Å². The molecule has 0 spiro atoms. The predicted octanol–water partition coefficient (Wildman–Crippen LogP) is 3.59. The second-order valence-electron chi connectivity index (χ2n) is 4.66. The lowest BCUT2D eigenvalue weighted by Crippen LogP contribution is -2.25. The standard InChI is InChI=1S/C14H14F2N2OS/c15-14(16)19-11-4-2-1-3-10(11)12(18-9-5-6-9)13-17-7-8-20-13/h1-4,7-9,12,14,18H,5-6H2. The molecule has 106 valence electrons. The number of para-hydroxylation sites is 1. The Morgan fingerprint density at radius 1 is 1.30 bits per heavy atom. The molecule has 1 atom stereocenters. The first-order valence-electron chi connectivity index (χ1n) is 6.43. The maximum atomic E-state index is 12.5. The molecule has 1 aromatic carbocycles. The first-order chi connectivity index (χ1) is 9.74. The number of hydrogen-bond acceptors (Lipinski definition) is 4. The Labute approximate surface area is 119 Å². The minimum absolute atomic E-state index is 0.197. The molecule has 1 unspecified atom stereocenters.